The first kappa shape index (κ1) is 21.9. The van der Waals surface area contributed by atoms with Crippen molar-refractivity contribution >= 4 is 55.6 Å². The van der Waals surface area contributed by atoms with Crippen molar-refractivity contribution in [3.8, 4) is 0 Å². The van der Waals surface area contributed by atoms with E-state index >= 15 is 0 Å². The van der Waals surface area contributed by atoms with E-state index in [9.17, 15) is 14.4 Å². The van der Waals surface area contributed by atoms with Gasteiger partial charge >= 0.3 is 85.2 Å². The summed E-state index contributed by atoms with van der Waals surface area (Å²) in [5.74, 6) is -4.14. The number of aliphatic carboxylic acids is 2. The van der Waals surface area contributed by atoms with Crippen LogP contribution in [0.25, 0.3) is 0 Å². The zero-order valence-corrected chi connectivity index (χ0v) is 13.3. The molecule has 0 aliphatic rings. The third-order valence-corrected chi connectivity index (χ3v) is 1.23. The van der Waals surface area contributed by atoms with Crippen molar-refractivity contribution < 1.29 is 68.3 Å². The van der Waals surface area contributed by atoms with Gasteiger partial charge in [0.25, 0.3) is 0 Å². The van der Waals surface area contributed by atoms with Gasteiger partial charge in [0.15, 0.2) is 0 Å². The van der Waals surface area contributed by atoms with Crippen LogP contribution in [0.5, 0.6) is 0 Å². The second-order valence-corrected chi connectivity index (χ2v) is 2.54. The Morgan fingerprint density at radius 2 is 1.75 bits per heavy atom. The van der Waals surface area contributed by atoms with Gasteiger partial charge in [-0.3, -0.25) is 4.79 Å². The Morgan fingerprint density at radius 3 is 2.00 bits per heavy atom. The summed E-state index contributed by atoms with van der Waals surface area (Å²) in [6, 6.07) is 0. The summed E-state index contributed by atoms with van der Waals surface area (Å²) in [6.45, 7) is 1.09. The van der Waals surface area contributed by atoms with Gasteiger partial charge in [-0.1, -0.05) is 0 Å². The Labute approximate surface area is 148 Å². The third kappa shape index (κ3) is 9.83. The number of ether oxygens (including phenoxy) is 1. The van der Waals surface area contributed by atoms with Crippen molar-refractivity contribution in [3.63, 3.8) is 0 Å². The summed E-state index contributed by atoms with van der Waals surface area (Å²) in [6.07, 6.45) is -4.09. The number of aliphatic hydroxyl groups is 1. The van der Waals surface area contributed by atoms with Crippen molar-refractivity contribution in [2.45, 2.75) is 25.6 Å². The molecule has 9 heteroatoms. The normalized spacial score (nSPS) is 12.4. The number of esters is 1. The molecule has 0 saturated heterocycles. The SMILES string of the molecule is CC(O)C(=O)OC(CC(=O)O)C(=O)O.[Ca+2].[H-].[H-].[H-].[Na+]. The maximum atomic E-state index is 10.7. The smallest absolute Gasteiger partial charge is 1.00 e. The van der Waals surface area contributed by atoms with Crippen LogP contribution < -0.4 is 29.6 Å². The molecule has 3 N–H and O–H groups in total. The molecule has 2 atom stereocenters. The number of hydrogen-bond acceptors (Lipinski definition) is 5. The van der Waals surface area contributed by atoms with Crippen LogP contribution in [0.1, 0.15) is 17.6 Å². The van der Waals surface area contributed by atoms with Crippen LogP contribution in [0.15, 0.2) is 0 Å². The van der Waals surface area contributed by atoms with Gasteiger partial charge in [-0.15, -0.1) is 0 Å². The minimum absolute atomic E-state index is 0. The van der Waals surface area contributed by atoms with E-state index in [1.807, 2.05) is 0 Å². The molecule has 0 aromatic rings. The Bertz CT molecular complexity index is 267. The van der Waals surface area contributed by atoms with E-state index in [1.165, 1.54) is 0 Å². The molecule has 0 aromatic carbocycles. The maximum Gasteiger partial charge on any atom is 2.00 e. The molecule has 86 valence electrons. The van der Waals surface area contributed by atoms with Crippen LogP contribution >= 0.6 is 0 Å². The Balaban J connectivity index is -0.0000000845. The number of rotatable bonds is 5. The molecule has 0 radical (unpaired) electrons. The van der Waals surface area contributed by atoms with Gasteiger partial charge in [-0.25, -0.2) is 9.59 Å². The topological polar surface area (TPSA) is 121 Å². The summed E-state index contributed by atoms with van der Waals surface area (Å²) >= 11 is 0. The molecular formula is C7H13CaNaO7. The van der Waals surface area contributed by atoms with Crippen LogP contribution in [0.2, 0.25) is 0 Å². The van der Waals surface area contributed by atoms with Crippen LogP contribution in [0.4, 0.5) is 0 Å². The van der Waals surface area contributed by atoms with E-state index in [0.29, 0.717) is 0 Å². The van der Waals surface area contributed by atoms with Crippen molar-refractivity contribution in [2.24, 2.45) is 0 Å². The van der Waals surface area contributed by atoms with Gasteiger partial charge in [-0.2, -0.15) is 0 Å². The van der Waals surface area contributed by atoms with Crippen LogP contribution in [0, 0.1) is 0 Å². The first-order valence-electron chi connectivity index (χ1n) is 3.67. The van der Waals surface area contributed by atoms with Crippen LogP contribution in [-0.4, -0.2) is 83.2 Å². The number of carboxylic acid groups (broad SMARTS) is 2. The second-order valence-electron chi connectivity index (χ2n) is 2.54. The molecule has 0 aromatic heterocycles. The number of carbonyl (C=O) groups excluding carboxylic acids is 1. The zero-order chi connectivity index (χ0) is 11.3. The molecule has 0 rings (SSSR count). The molecule has 16 heavy (non-hydrogen) atoms. The fourth-order valence-corrected chi connectivity index (χ4v) is 0.577. The maximum absolute atomic E-state index is 10.7. The van der Waals surface area contributed by atoms with Gasteiger partial charge in [0.2, 0.25) is 6.10 Å². The van der Waals surface area contributed by atoms with Gasteiger partial charge < -0.3 is 24.3 Å². The van der Waals surface area contributed by atoms with E-state index in [1.54, 1.807) is 0 Å². The minimum Gasteiger partial charge on any atom is -1.00 e. The fraction of sp³-hybridized carbons (Fsp3) is 0.571. The zero-order valence-electron chi connectivity index (χ0n) is 12.0. The van der Waals surface area contributed by atoms with E-state index in [-0.39, 0.29) is 71.6 Å². The molecule has 0 amide bonds. The monoisotopic (exact) mass is 272 g/mol. The summed E-state index contributed by atoms with van der Waals surface area (Å²) in [4.78, 5) is 31.2. The predicted octanol–water partition coefficient (Wildman–Crippen LogP) is -4.20. The number of aliphatic hydroxyl groups excluding tert-OH is 1. The quantitative estimate of drug-likeness (QED) is 0.343. The molecule has 0 bridgehead atoms. The van der Waals surface area contributed by atoms with E-state index in [0.717, 1.165) is 6.92 Å². The second kappa shape index (κ2) is 10.8. The molecule has 0 aliphatic carbocycles. The molecule has 0 saturated carbocycles. The largest absolute Gasteiger partial charge is 2.00 e. The van der Waals surface area contributed by atoms with Crippen molar-refractivity contribution in [3.05, 3.63) is 0 Å². The Morgan fingerprint density at radius 1 is 1.31 bits per heavy atom. The standard InChI is InChI=1S/C7H10O7.Ca.Na.3H/c1-3(8)7(13)14-4(6(11)12)2-5(9)10;;;;;/h3-4,8H,2H2,1H3,(H,9,10)(H,11,12);;;;;/q;+2;+1;3*-1. The molecule has 7 nitrogen and oxygen atoms in total. The van der Waals surface area contributed by atoms with Gasteiger partial charge in [0.05, 0.1) is 6.42 Å². The number of hydrogen-bond donors (Lipinski definition) is 3. The third-order valence-electron chi connectivity index (χ3n) is 1.23. The van der Waals surface area contributed by atoms with Gasteiger partial charge in [-0.05, 0) is 6.92 Å². The van der Waals surface area contributed by atoms with Crippen LogP contribution in [0.3, 0.4) is 0 Å². The van der Waals surface area contributed by atoms with Crippen molar-refractivity contribution in [2.75, 3.05) is 0 Å². The molecule has 0 aliphatic heterocycles. The van der Waals surface area contributed by atoms with Crippen molar-refractivity contribution in [1.82, 2.24) is 0 Å². The first-order valence-corrected chi connectivity index (χ1v) is 3.67. The molecule has 2 unspecified atom stereocenters. The molecular weight excluding hydrogens is 259 g/mol. The summed E-state index contributed by atoms with van der Waals surface area (Å²) in [5, 5.41) is 25.4. The molecule has 0 heterocycles. The predicted molar refractivity (Wildman–Crippen MR) is 50.5 cm³/mol. The first-order chi connectivity index (χ1) is 6.34. The van der Waals surface area contributed by atoms with Crippen molar-refractivity contribution in [1.29, 1.82) is 0 Å². The summed E-state index contributed by atoms with van der Waals surface area (Å²) in [5.41, 5.74) is 0. The summed E-state index contributed by atoms with van der Waals surface area (Å²) < 4.78 is 4.21. The molecule has 0 fully saturated rings. The van der Waals surface area contributed by atoms with E-state index < -0.39 is 36.5 Å². The average molecular weight is 272 g/mol. The molecule has 0 spiro atoms. The van der Waals surface area contributed by atoms with E-state index in [2.05, 4.69) is 4.74 Å². The number of carbonyl (C=O) groups is 3. The average Bonchev–Trinajstić information content (AvgIpc) is 2.01. The van der Waals surface area contributed by atoms with E-state index in [4.69, 9.17) is 15.3 Å². The fourth-order valence-electron chi connectivity index (χ4n) is 0.577. The Kier molecular flexibility index (Phi) is 14.7. The van der Waals surface area contributed by atoms with Gasteiger partial charge in [0, 0.05) is 0 Å². The minimum atomic E-state index is -1.77. The summed E-state index contributed by atoms with van der Waals surface area (Å²) in [7, 11) is 0. The van der Waals surface area contributed by atoms with Crippen LogP contribution in [-0.2, 0) is 19.1 Å². The van der Waals surface area contributed by atoms with Gasteiger partial charge in [0.1, 0.15) is 6.10 Å². The number of carboxylic acids is 2. The Hall–Kier alpha value is 0.630.